The molecule has 1 N–H and O–H groups in total. The van der Waals surface area contributed by atoms with Crippen molar-refractivity contribution in [3.8, 4) is 0 Å². The maximum absolute atomic E-state index is 13.2. The number of nitrogens with zero attached hydrogens (tertiary/aromatic N) is 3. The van der Waals surface area contributed by atoms with Gasteiger partial charge in [-0.25, -0.2) is 9.78 Å². The lowest BCUT2D eigenvalue weighted by Gasteiger charge is -2.39. The van der Waals surface area contributed by atoms with Crippen molar-refractivity contribution in [1.29, 1.82) is 0 Å². The summed E-state index contributed by atoms with van der Waals surface area (Å²) in [5.74, 6) is 0.507. The number of rotatable bonds is 4. The fourth-order valence-electron chi connectivity index (χ4n) is 3.51. The van der Waals surface area contributed by atoms with Crippen LogP contribution in [0.1, 0.15) is 64.9 Å². The number of halogens is 1. The number of hydrogen-bond donors (Lipinski definition) is 1. The van der Waals surface area contributed by atoms with Crippen LogP contribution in [-0.2, 0) is 0 Å². The maximum Gasteiger partial charge on any atom is 0.408 e. The van der Waals surface area contributed by atoms with Crippen molar-refractivity contribution < 1.29 is 9.90 Å². The van der Waals surface area contributed by atoms with Crippen LogP contribution in [0.15, 0.2) is 23.0 Å². The first-order chi connectivity index (χ1) is 12.2. The maximum atomic E-state index is 13.2. The third-order valence-electron chi connectivity index (χ3n) is 4.74. The van der Waals surface area contributed by atoms with E-state index in [9.17, 15) is 14.7 Å². The van der Waals surface area contributed by atoms with Crippen molar-refractivity contribution in [1.82, 2.24) is 14.5 Å². The Hall–Kier alpha value is -2.08. The van der Waals surface area contributed by atoms with Crippen LogP contribution in [0.3, 0.4) is 0 Å². The number of aromatic nitrogens is 2. The van der Waals surface area contributed by atoms with Gasteiger partial charge in [-0.1, -0.05) is 24.6 Å². The molecule has 7 heteroatoms. The molecular formula is C19H24ClN3O3. The summed E-state index contributed by atoms with van der Waals surface area (Å²) in [4.78, 5) is 31.3. The third kappa shape index (κ3) is 3.18. The zero-order chi connectivity index (χ0) is 19.2. The molecule has 1 heterocycles. The summed E-state index contributed by atoms with van der Waals surface area (Å²) in [5, 5.41) is 10.6. The summed E-state index contributed by atoms with van der Waals surface area (Å²) in [6, 6.07) is 4.74. The molecule has 1 aromatic carbocycles. The zero-order valence-corrected chi connectivity index (χ0v) is 16.2. The summed E-state index contributed by atoms with van der Waals surface area (Å²) in [7, 11) is 0. The van der Waals surface area contributed by atoms with E-state index in [1.54, 1.807) is 22.8 Å². The molecule has 1 aromatic heterocycles. The molecule has 1 amide bonds. The van der Waals surface area contributed by atoms with Crippen molar-refractivity contribution in [2.24, 2.45) is 0 Å². The van der Waals surface area contributed by atoms with Crippen LogP contribution in [0.5, 0.6) is 0 Å². The fraction of sp³-hybridized carbons (Fsp3) is 0.526. The van der Waals surface area contributed by atoms with Gasteiger partial charge in [-0.3, -0.25) is 14.3 Å². The van der Waals surface area contributed by atoms with E-state index >= 15 is 0 Å². The van der Waals surface area contributed by atoms with Gasteiger partial charge in [-0.2, -0.15) is 0 Å². The zero-order valence-electron chi connectivity index (χ0n) is 15.5. The Morgan fingerprint density at radius 1 is 1.42 bits per heavy atom. The van der Waals surface area contributed by atoms with E-state index < -0.39 is 17.7 Å². The minimum atomic E-state index is -1.02. The van der Waals surface area contributed by atoms with E-state index in [0.717, 1.165) is 12.8 Å². The first-order valence-corrected chi connectivity index (χ1v) is 9.27. The first kappa shape index (κ1) is 18.7. The largest absolute Gasteiger partial charge is 0.465 e. The van der Waals surface area contributed by atoms with Gasteiger partial charge in [0, 0.05) is 11.6 Å². The second-order valence-corrected chi connectivity index (χ2v) is 8.16. The second-order valence-electron chi connectivity index (χ2n) is 7.76. The number of carboxylic acid groups (broad SMARTS) is 1. The molecule has 1 aliphatic carbocycles. The van der Waals surface area contributed by atoms with E-state index in [0.29, 0.717) is 28.2 Å². The molecule has 1 aliphatic rings. The number of benzene rings is 1. The molecule has 26 heavy (non-hydrogen) atoms. The first-order valence-electron chi connectivity index (χ1n) is 8.89. The Balaban J connectivity index is 2.30. The molecule has 0 spiro atoms. The average molecular weight is 378 g/mol. The van der Waals surface area contributed by atoms with Crippen molar-refractivity contribution in [3.05, 3.63) is 39.4 Å². The summed E-state index contributed by atoms with van der Waals surface area (Å²) in [5.41, 5.74) is -0.301. The molecule has 140 valence electrons. The summed E-state index contributed by atoms with van der Waals surface area (Å²) in [6.45, 7) is 7.46. The van der Waals surface area contributed by atoms with Gasteiger partial charge in [-0.05, 0) is 52.2 Å². The lowest BCUT2D eigenvalue weighted by Crippen LogP contribution is -2.48. The quantitative estimate of drug-likeness (QED) is 0.843. The van der Waals surface area contributed by atoms with E-state index in [1.807, 2.05) is 27.7 Å². The van der Waals surface area contributed by atoms with Gasteiger partial charge in [0.2, 0.25) is 0 Å². The standard InChI is InChI=1S/C19H24ClN3O3/c1-5-14(23(18(25)26)19(2,3)4)16-21-13-8-6-7-12(20)15(13)17(24)22(16)11-9-10-11/h6-8,11,14H,5,9-10H2,1-4H3,(H,25,26)/t14-/m1/s1. The monoisotopic (exact) mass is 377 g/mol. The molecule has 1 atom stereocenters. The number of fused-ring (bicyclic) bond motifs is 1. The summed E-state index contributed by atoms with van der Waals surface area (Å²) in [6.07, 6.45) is 1.29. The molecule has 0 aliphatic heterocycles. The molecule has 0 unspecified atom stereocenters. The fourth-order valence-corrected chi connectivity index (χ4v) is 3.76. The van der Waals surface area contributed by atoms with E-state index in [4.69, 9.17) is 16.6 Å². The molecule has 2 aromatic rings. The normalized spacial score (nSPS) is 15.9. The average Bonchev–Trinajstić information content (AvgIpc) is 3.35. The van der Waals surface area contributed by atoms with Crippen LogP contribution >= 0.6 is 11.6 Å². The van der Waals surface area contributed by atoms with Crippen molar-refractivity contribution in [3.63, 3.8) is 0 Å². The van der Waals surface area contributed by atoms with Crippen molar-refractivity contribution in [2.75, 3.05) is 0 Å². The molecule has 3 rings (SSSR count). The molecular weight excluding hydrogens is 354 g/mol. The second kappa shape index (κ2) is 6.58. The topological polar surface area (TPSA) is 75.4 Å². The Morgan fingerprint density at radius 2 is 2.08 bits per heavy atom. The van der Waals surface area contributed by atoms with Gasteiger partial charge in [0.15, 0.2) is 0 Å². The highest BCUT2D eigenvalue weighted by molar-refractivity contribution is 6.35. The number of hydrogen-bond acceptors (Lipinski definition) is 3. The highest BCUT2D eigenvalue weighted by Gasteiger charge is 2.38. The highest BCUT2D eigenvalue weighted by Crippen LogP contribution is 2.39. The predicted octanol–water partition coefficient (Wildman–Crippen LogP) is 4.61. The van der Waals surface area contributed by atoms with Crippen LogP contribution in [0.25, 0.3) is 10.9 Å². The van der Waals surface area contributed by atoms with Crippen LogP contribution in [0.2, 0.25) is 5.02 Å². The molecule has 1 fully saturated rings. The minimum absolute atomic E-state index is 0.0651. The smallest absolute Gasteiger partial charge is 0.408 e. The molecule has 0 bridgehead atoms. The van der Waals surface area contributed by atoms with Crippen LogP contribution in [-0.4, -0.2) is 31.2 Å². The van der Waals surface area contributed by atoms with Crippen LogP contribution in [0, 0.1) is 0 Å². The lowest BCUT2D eigenvalue weighted by atomic mass is 10.0. The van der Waals surface area contributed by atoms with Crippen molar-refractivity contribution >= 4 is 28.6 Å². The molecule has 1 saturated carbocycles. The Morgan fingerprint density at radius 3 is 2.58 bits per heavy atom. The Bertz CT molecular complexity index is 913. The van der Waals surface area contributed by atoms with Gasteiger partial charge in [0.05, 0.1) is 22.0 Å². The third-order valence-corrected chi connectivity index (χ3v) is 5.06. The van der Waals surface area contributed by atoms with E-state index in [1.165, 1.54) is 4.90 Å². The molecule has 0 radical (unpaired) electrons. The summed E-state index contributed by atoms with van der Waals surface area (Å²) < 4.78 is 1.67. The molecule has 0 saturated heterocycles. The number of amides is 1. The number of carbonyl (C=O) groups is 1. The van der Waals surface area contributed by atoms with E-state index in [2.05, 4.69) is 0 Å². The molecule has 6 nitrogen and oxygen atoms in total. The Labute approximate surface area is 157 Å². The van der Waals surface area contributed by atoms with E-state index in [-0.39, 0.29) is 11.6 Å². The van der Waals surface area contributed by atoms with Crippen LogP contribution < -0.4 is 5.56 Å². The SMILES string of the molecule is CC[C@H](c1nc2cccc(Cl)c2c(=O)n1C1CC1)N(C(=O)O)C(C)(C)C. The van der Waals surface area contributed by atoms with Gasteiger partial charge < -0.3 is 5.11 Å². The highest BCUT2D eigenvalue weighted by atomic mass is 35.5. The van der Waals surface area contributed by atoms with Crippen LogP contribution in [0.4, 0.5) is 4.79 Å². The van der Waals surface area contributed by atoms with Gasteiger partial charge in [-0.15, -0.1) is 0 Å². The minimum Gasteiger partial charge on any atom is -0.465 e. The predicted molar refractivity (Wildman–Crippen MR) is 102 cm³/mol. The summed E-state index contributed by atoms with van der Waals surface area (Å²) >= 11 is 6.25. The van der Waals surface area contributed by atoms with Gasteiger partial charge in [0.1, 0.15) is 5.82 Å². The van der Waals surface area contributed by atoms with Crippen molar-refractivity contribution in [2.45, 2.75) is 64.6 Å². The lowest BCUT2D eigenvalue weighted by molar-refractivity contribution is 0.0637. The van der Waals surface area contributed by atoms with Gasteiger partial charge in [0.25, 0.3) is 5.56 Å². The van der Waals surface area contributed by atoms with Gasteiger partial charge >= 0.3 is 6.09 Å². The Kier molecular flexibility index (Phi) is 4.73.